The van der Waals surface area contributed by atoms with Crippen LogP contribution in [0.3, 0.4) is 0 Å². The summed E-state index contributed by atoms with van der Waals surface area (Å²) in [6, 6.07) is 7.93. The third-order valence-electron chi connectivity index (χ3n) is 3.18. The maximum Gasteiger partial charge on any atom is 0.0341 e. The van der Waals surface area contributed by atoms with Crippen molar-refractivity contribution in [2.75, 3.05) is 17.6 Å². The summed E-state index contributed by atoms with van der Waals surface area (Å²) in [5, 5.41) is 3.43. The molecule has 1 unspecified atom stereocenters. The minimum Gasteiger partial charge on any atom is -0.399 e. The SMILES string of the molecule is CC1(C)CC1CNc1ccc(N)cc1. The predicted molar refractivity (Wildman–Crippen MR) is 61.2 cm³/mol. The van der Waals surface area contributed by atoms with E-state index in [2.05, 4.69) is 19.2 Å². The molecule has 1 fully saturated rings. The Morgan fingerprint density at radius 2 is 1.93 bits per heavy atom. The fourth-order valence-electron chi connectivity index (χ4n) is 1.77. The molecule has 1 aromatic carbocycles. The number of nitrogen functional groups attached to an aromatic ring is 1. The van der Waals surface area contributed by atoms with Gasteiger partial charge >= 0.3 is 0 Å². The number of nitrogens with two attached hydrogens (primary N) is 1. The monoisotopic (exact) mass is 190 g/mol. The highest BCUT2D eigenvalue weighted by Gasteiger charge is 2.44. The molecule has 0 aliphatic heterocycles. The molecule has 0 aromatic heterocycles. The molecule has 1 saturated carbocycles. The minimum absolute atomic E-state index is 0.556. The van der Waals surface area contributed by atoms with Crippen LogP contribution in [-0.2, 0) is 0 Å². The molecular weight excluding hydrogens is 172 g/mol. The molecule has 0 amide bonds. The normalized spacial score (nSPS) is 23.1. The highest BCUT2D eigenvalue weighted by Crippen LogP contribution is 2.51. The van der Waals surface area contributed by atoms with Crippen molar-refractivity contribution < 1.29 is 0 Å². The summed E-state index contributed by atoms with van der Waals surface area (Å²) in [4.78, 5) is 0. The van der Waals surface area contributed by atoms with E-state index in [9.17, 15) is 0 Å². The van der Waals surface area contributed by atoms with Crippen molar-refractivity contribution in [1.82, 2.24) is 0 Å². The fraction of sp³-hybridized carbons (Fsp3) is 0.500. The van der Waals surface area contributed by atoms with Gasteiger partial charge in [-0.15, -0.1) is 0 Å². The first-order chi connectivity index (χ1) is 6.58. The van der Waals surface area contributed by atoms with Gasteiger partial charge in [-0.2, -0.15) is 0 Å². The van der Waals surface area contributed by atoms with Crippen molar-refractivity contribution >= 4 is 11.4 Å². The molecule has 1 atom stereocenters. The van der Waals surface area contributed by atoms with Crippen LogP contribution in [0.25, 0.3) is 0 Å². The predicted octanol–water partition coefficient (Wildman–Crippen LogP) is 2.73. The van der Waals surface area contributed by atoms with Crippen molar-refractivity contribution in [2.45, 2.75) is 20.3 Å². The summed E-state index contributed by atoms with van der Waals surface area (Å²) in [7, 11) is 0. The highest BCUT2D eigenvalue weighted by molar-refractivity contribution is 5.51. The Morgan fingerprint density at radius 3 is 2.43 bits per heavy atom. The molecule has 0 saturated heterocycles. The summed E-state index contributed by atoms with van der Waals surface area (Å²) in [5.41, 5.74) is 8.16. The first kappa shape index (κ1) is 9.38. The average molecular weight is 190 g/mol. The Labute approximate surface area is 85.5 Å². The Kier molecular flexibility index (Phi) is 2.14. The standard InChI is InChI=1S/C12H18N2/c1-12(2)7-9(12)8-14-11-5-3-10(13)4-6-11/h3-6,9,14H,7-8,13H2,1-2H3. The fourth-order valence-corrected chi connectivity index (χ4v) is 1.77. The highest BCUT2D eigenvalue weighted by atomic mass is 14.9. The van der Waals surface area contributed by atoms with Gasteiger partial charge < -0.3 is 11.1 Å². The topological polar surface area (TPSA) is 38.0 Å². The second kappa shape index (κ2) is 3.19. The van der Waals surface area contributed by atoms with Crippen molar-refractivity contribution in [2.24, 2.45) is 11.3 Å². The molecule has 3 N–H and O–H groups in total. The van der Waals surface area contributed by atoms with E-state index in [1.54, 1.807) is 0 Å². The number of anilines is 2. The van der Waals surface area contributed by atoms with E-state index in [4.69, 9.17) is 5.73 Å². The van der Waals surface area contributed by atoms with Crippen molar-refractivity contribution in [3.8, 4) is 0 Å². The Bertz CT molecular complexity index is 314. The molecule has 1 aliphatic carbocycles. The Balaban J connectivity index is 1.84. The van der Waals surface area contributed by atoms with Gasteiger partial charge in [-0.1, -0.05) is 13.8 Å². The Morgan fingerprint density at radius 1 is 1.36 bits per heavy atom. The maximum atomic E-state index is 5.61. The number of nitrogens with one attached hydrogen (secondary N) is 1. The van der Waals surface area contributed by atoms with Gasteiger partial charge in [0.15, 0.2) is 0 Å². The lowest BCUT2D eigenvalue weighted by Gasteiger charge is -2.07. The number of hydrogen-bond acceptors (Lipinski definition) is 2. The first-order valence-corrected chi connectivity index (χ1v) is 5.17. The number of benzene rings is 1. The van der Waals surface area contributed by atoms with E-state index >= 15 is 0 Å². The van der Waals surface area contributed by atoms with Crippen LogP contribution in [-0.4, -0.2) is 6.54 Å². The Hall–Kier alpha value is -1.18. The zero-order chi connectivity index (χ0) is 10.2. The van der Waals surface area contributed by atoms with E-state index < -0.39 is 0 Å². The molecule has 0 bridgehead atoms. The van der Waals surface area contributed by atoms with Crippen LogP contribution < -0.4 is 11.1 Å². The molecule has 76 valence electrons. The van der Waals surface area contributed by atoms with Crippen LogP contribution >= 0.6 is 0 Å². The molecule has 1 aliphatic rings. The van der Waals surface area contributed by atoms with E-state index in [1.165, 1.54) is 12.1 Å². The molecule has 0 heterocycles. The second-order valence-corrected chi connectivity index (χ2v) is 4.89. The molecule has 1 aromatic rings. The third-order valence-corrected chi connectivity index (χ3v) is 3.18. The van der Waals surface area contributed by atoms with Crippen LogP contribution in [0.5, 0.6) is 0 Å². The molecule has 0 radical (unpaired) electrons. The lowest BCUT2D eigenvalue weighted by Crippen LogP contribution is -2.06. The quantitative estimate of drug-likeness (QED) is 0.719. The summed E-state index contributed by atoms with van der Waals surface area (Å²) >= 11 is 0. The average Bonchev–Trinajstić information content (AvgIpc) is 2.73. The van der Waals surface area contributed by atoms with Crippen molar-refractivity contribution in [1.29, 1.82) is 0 Å². The van der Waals surface area contributed by atoms with E-state index in [0.717, 1.165) is 18.2 Å². The zero-order valence-electron chi connectivity index (χ0n) is 8.88. The van der Waals surface area contributed by atoms with Gasteiger partial charge in [0.2, 0.25) is 0 Å². The summed E-state index contributed by atoms with van der Waals surface area (Å²) in [6.07, 6.45) is 1.34. The second-order valence-electron chi connectivity index (χ2n) is 4.89. The zero-order valence-corrected chi connectivity index (χ0v) is 8.88. The van der Waals surface area contributed by atoms with Gasteiger partial charge in [-0.05, 0) is 42.0 Å². The molecule has 14 heavy (non-hydrogen) atoms. The van der Waals surface area contributed by atoms with Crippen molar-refractivity contribution in [3.05, 3.63) is 24.3 Å². The third kappa shape index (κ3) is 2.00. The molecule has 0 spiro atoms. The van der Waals surface area contributed by atoms with Crippen LogP contribution in [0.15, 0.2) is 24.3 Å². The lowest BCUT2D eigenvalue weighted by atomic mass is 10.1. The van der Waals surface area contributed by atoms with Gasteiger partial charge in [0, 0.05) is 17.9 Å². The van der Waals surface area contributed by atoms with Crippen LogP contribution in [0.1, 0.15) is 20.3 Å². The molecule has 2 rings (SSSR count). The van der Waals surface area contributed by atoms with Gasteiger partial charge in [-0.3, -0.25) is 0 Å². The van der Waals surface area contributed by atoms with Crippen LogP contribution in [0, 0.1) is 11.3 Å². The van der Waals surface area contributed by atoms with Gasteiger partial charge in [0.05, 0.1) is 0 Å². The van der Waals surface area contributed by atoms with Crippen molar-refractivity contribution in [3.63, 3.8) is 0 Å². The number of rotatable bonds is 3. The smallest absolute Gasteiger partial charge is 0.0341 e. The van der Waals surface area contributed by atoms with Crippen LogP contribution in [0.2, 0.25) is 0 Å². The summed E-state index contributed by atoms with van der Waals surface area (Å²) in [5.74, 6) is 0.833. The largest absolute Gasteiger partial charge is 0.399 e. The van der Waals surface area contributed by atoms with E-state index in [0.29, 0.717) is 5.41 Å². The number of hydrogen-bond donors (Lipinski definition) is 2. The summed E-state index contributed by atoms with van der Waals surface area (Å²) in [6.45, 7) is 5.72. The van der Waals surface area contributed by atoms with E-state index in [-0.39, 0.29) is 0 Å². The lowest BCUT2D eigenvalue weighted by molar-refractivity contribution is 0.573. The minimum atomic E-state index is 0.556. The molecule has 2 nitrogen and oxygen atoms in total. The molecule has 2 heteroatoms. The summed E-state index contributed by atoms with van der Waals surface area (Å²) < 4.78 is 0. The first-order valence-electron chi connectivity index (χ1n) is 5.17. The maximum absolute atomic E-state index is 5.61. The van der Waals surface area contributed by atoms with Gasteiger partial charge in [0.25, 0.3) is 0 Å². The van der Waals surface area contributed by atoms with E-state index in [1.807, 2.05) is 24.3 Å². The van der Waals surface area contributed by atoms with Crippen LogP contribution in [0.4, 0.5) is 11.4 Å². The van der Waals surface area contributed by atoms with Gasteiger partial charge in [0.1, 0.15) is 0 Å². The molecular formula is C12H18N2. The van der Waals surface area contributed by atoms with Gasteiger partial charge in [-0.25, -0.2) is 0 Å².